The number of nitrogens with zero attached hydrogens (tertiary/aromatic N) is 2. The van der Waals surface area contributed by atoms with Crippen LogP contribution in [0.4, 0.5) is 0 Å². The average Bonchev–Trinajstić information content (AvgIpc) is 2.62. The predicted octanol–water partition coefficient (Wildman–Crippen LogP) is -0.814. The molecular weight excluding hydrogens is 406 g/mol. The first-order valence-corrected chi connectivity index (χ1v) is 9.67. The van der Waals surface area contributed by atoms with Crippen molar-refractivity contribution in [3.8, 4) is 11.5 Å². The molecule has 0 bridgehead atoms. The van der Waals surface area contributed by atoms with Gasteiger partial charge in [-0.15, -0.1) is 0 Å². The summed E-state index contributed by atoms with van der Waals surface area (Å²) in [5.41, 5.74) is 2.45. The Morgan fingerprint density at radius 2 is 2.03 bits per heavy atom. The number of hydrogen-bond donors (Lipinski definition) is 5. The summed E-state index contributed by atoms with van der Waals surface area (Å²) in [5, 5.41) is 31.8. The Morgan fingerprint density at radius 1 is 1.38 bits per heavy atom. The second-order valence-electron chi connectivity index (χ2n) is 6.87. The first-order valence-electron chi connectivity index (χ1n) is 8.49. The second-order valence-corrected chi connectivity index (χ2v) is 8.35. The third-order valence-electron chi connectivity index (χ3n) is 4.61. The Labute approximate surface area is 167 Å². The molecule has 11 nitrogen and oxygen atoms in total. The van der Waals surface area contributed by atoms with Gasteiger partial charge < -0.3 is 20.2 Å². The standard InChI is InChI=1S/C17H21N3O8S/c1-9-5-14(24)20(9)15(16(25)26)17(2,29(27)28)8-18-19-13(23)7-10-3-4-11(21)12(22)6-10/h3-4,6,8-9,15,21-22,29H,5,7H2,1-2H3,(H,19,23)(H,25,26)/b18-8+/t9-,15+,17+/m1/s1. The zero-order chi connectivity index (χ0) is 21.9. The maximum atomic E-state index is 12.0. The number of benzene rings is 1. The molecule has 0 saturated carbocycles. The number of amides is 2. The van der Waals surface area contributed by atoms with Gasteiger partial charge in [0.15, 0.2) is 28.2 Å². The molecule has 29 heavy (non-hydrogen) atoms. The minimum Gasteiger partial charge on any atom is -0.504 e. The SMILES string of the molecule is C[C@@H]1CC(=O)N1[C@@H](C(=O)O)[C@](C)(/C=N/NC(=O)Cc1ccc(O)c(O)c1)[SH](=O)=O. The van der Waals surface area contributed by atoms with Gasteiger partial charge in [-0.2, -0.15) is 5.10 Å². The van der Waals surface area contributed by atoms with Gasteiger partial charge in [-0.3, -0.25) is 9.59 Å². The Kier molecular flexibility index (Phi) is 6.47. The summed E-state index contributed by atoms with van der Waals surface area (Å²) in [4.78, 5) is 36.5. The van der Waals surface area contributed by atoms with Crippen molar-refractivity contribution in [1.82, 2.24) is 10.3 Å². The normalized spacial score (nSPS) is 19.6. The van der Waals surface area contributed by atoms with E-state index in [1.165, 1.54) is 18.2 Å². The molecule has 1 aliphatic heterocycles. The number of aromatic hydroxyl groups is 2. The third-order valence-corrected chi connectivity index (χ3v) is 5.76. The molecular formula is C17H21N3O8S. The molecule has 4 N–H and O–H groups in total. The number of aliphatic carboxylic acids is 1. The fourth-order valence-corrected chi connectivity index (χ4v) is 3.58. The zero-order valence-corrected chi connectivity index (χ0v) is 16.5. The van der Waals surface area contributed by atoms with Crippen molar-refractivity contribution < 1.29 is 38.1 Å². The van der Waals surface area contributed by atoms with E-state index >= 15 is 0 Å². The number of carbonyl (C=O) groups excluding carboxylic acids is 2. The molecule has 3 atom stereocenters. The maximum absolute atomic E-state index is 12.0. The third kappa shape index (κ3) is 4.65. The molecule has 1 aromatic rings. The minimum absolute atomic E-state index is 0.114. The van der Waals surface area contributed by atoms with Crippen LogP contribution in [0.1, 0.15) is 25.8 Å². The van der Waals surface area contributed by atoms with Crippen LogP contribution < -0.4 is 5.43 Å². The van der Waals surface area contributed by atoms with Gasteiger partial charge in [0.05, 0.1) is 6.42 Å². The number of rotatable bonds is 8. The van der Waals surface area contributed by atoms with Crippen LogP contribution in [0.2, 0.25) is 0 Å². The van der Waals surface area contributed by atoms with Gasteiger partial charge in [-0.25, -0.2) is 18.6 Å². The lowest BCUT2D eigenvalue weighted by molar-refractivity contribution is -0.161. The lowest BCUT2D eigenvalue weighted by Gasteiger charge is -2.45. The van der Waals surface area contributed by atoms with Gasteiger partial charge in [-0.05, 0) is 31.5 Å². The predicted molar refractivity (Wildman–Crippen MR) is 101 cm³/mol. The maximum Gasteiger partial charge on any atom is 0.328 e. The number of likely N-dealkylation sites (tertiary alicyclic amines) is 1. The Hall–Kier alpha value is -3.15. The number of β-lactam (4-membered cyclic amide) rings is 1. The minimum atomic E-state index is -3.38. The number of carbonyl (C=O) groups is 3. The van der Waals surface area contributed by atoms with Crippen LogP contribution in [0.3, 0.4) is 0 Å². The fourth-order valence-electron chi connectivity index (χ4n) is 3.00. The molecule has 0 aromatic heterocycles. The number of phenolic OH excluding ortho intramolecular Hbond substituents is 2. The number of carboxylic acids is 1. The molecule has 2 rings (SSSR count). The van der Waals surface area contributed by atoms with Gasteiger partial charge in [0.1, 0.15) is 4.75 Å². The largest absolute Gasteiger partial charge is 0.504 e. The smallest absolute Gasteiger partial charge is 0.328 e. The van der Waals surface area contributed by atoms with Gasteiger partial charge in [0.25, 0.3) is 0 Å². The zero-order valence-electron chi connectivity index (χ0n) is 15.6. The highest BCUT2D eigenvalue weighted by atomic mass is 32.2. The van der Waals surface area contributed by atoms with Gasteiger partial charge in [-0.1, -0.05) is 6.07 Å². The quantitative estimate of drug-likeness (QED) is 0.118. The number of hydrazone groups is 1. The van der Waals surface area contributed by atoms with Crippen LogP contribution in [-0.2, 0) is 31.5 Å². The van der Waals surface area contributed by atoms with Crippen LogP contribution in [0.25, 0.3) is 0 Å². The molecule has 0 radical (unpaired) electrons. The van der Waals surface area contributed by atoms with Crippen LogP contribution in [0.15, 0.2) is 23.3 Å². The van der Waals surface area contributed by atoms with E-state index in [1.54, 1.807) is 6.92 Å². The summed E-state index contributed by atoms with van der Waals surface area (Å²) in [6.45, 7) is 2.70. The van der Waals surface area contributed by atoms with Crippen molar-refractivity contribution in [2.45, 2.75) is 43.5 Å². The number of phenols is 2. The topological polar surface area (TPSA) is 174 Å². The summed E-state index contributed by atoms with van der Waals surface area (Å²) in [5.74, 6) is -3.43. The van der Waals surface area contributed by atoms with Crippen molar-refractivity contribution in [3.05, 3.63) is 23.8 Å². The van der Waals surface area contributed by atoms with Crippen LogP contribution in [0.5, 0.6) is 11.5 Å². The number of hydrogen-bond acceptors (Lipinski definition) is 8. The van der Waals surface area contributed by atoms with Crippen molar-refractivity contribution >= 4 is 34.7 Å². The number of nitrogens with one attached hydrogen (secondary N) is 1. The van der Waals surface area contributed by atoms with Gasteiger partial charge in [0, 0.05) is 18.7 Å². The summed E-state index contributed by atoms with van der Waals surface area (Å²) in [7, 11) is -3.38. The highest BCUT2D eigenvalue weighted by molar-refractivity contribution is 7.75. The van der Waals surface area contributed by atoms with Crippen LogP contribution in [-0.4, -0.2) is 69.5 Å². The summed E-state index contributed by atoms with van der Waals surface area (Å²) in [6, 6.07) is 1.63. The molecule has 1 saturated heterocycles. The van der Waals surface area contributed by atoms with Crippen molar-refractivity contribution in [1.29, 1.82) is 0 Å². The molecule has 2 amide bonds. The highest BCUT2D eigenvalue weighted by Gasteiger charge is 2.52. The van der Waals surface area contributed by atoms with E-state index in [0.717, 1.165) is 18.0 Å². The lowest BCUT2D eigenvalue weighted by atomic mass is 9.92. The van der Waals surface area contributed by atoms with Crippen molar-refractivity contribution in [2.24, 2.45) is 5.10 Å². The van der Waals surface area contributed by atoms with E-state index in [0.29, 0.717) is 5.56 Å². The van der Waals surface area contributed by atoms with E-state index in [1.807, 2.05) is 0 Å². The Bertz CT molecular complexity index is 937. The summed E-state index contributed by atoms with van der Waals surface area (Å²) >= 11 is 0. The summed E-state index contributed by atoms with van der Waals surface area (Å²) in [6.07, 6.45) is 0.653. The van der Waals surface area contributed by atoms with Crippen molar-refractivity contribution in [2.75, 3.05) is 0 Å². The first kappa shape index (κ1) is 22.1. The van der Waals surface area contributed by atoms with Crippen LogP contribution in [0, 0.1) is 0 Å². The molecule has 0 aliphatic carbocycles. The fraction of sp³-hybridized carbons (Fsp3) is 0.412. The van der Waals surface area contributed by atoms with Crippen molar-refractivity contribution in [3.63, 3.8) is 0 Å². The average molecular weight is 427 g/mol. The highest BCUT2D eigenvalue weighted by Crippen LogP contribution is 2.29. The summed E-state index contributed by atoms with van der Waals surface area (Å²) < 4.78 is 21.6. The molecule has 0 spiro atoms. The molecule has 1 aliphatic rings. The van der Waals surface area contributed by atoms with E-state index in [-0.39, 0.29) is 18.6 Å². The molecule has 1 heterocycles. The Balaban J connectivity index is 2.16. The van der Waals surface area contributed by atoms with E-state index in [4.69, 9.17) is 0 Å². The molecule has 1 fully saturated rings. The Morgan fingerprint density at radius 3 is 2.52 bits per heavy atom. The molecule has 12 heteroatoms. The number of carboxylic acid groups (broad SMARTS) is 1. The first-order chi connectivity index (χ1) is 13.5. The lowest BCUT2D eigenvalue weighted by Crippen LogP contribution is -2.66. The van der Waals surface area contributed by atoms with Gasteiger partial charge >= 0.3 is 5.97 Å². The molecule has 0 unspecified atom stereocenters. The van der Waals surface area contributed by atoms with E-state index in [9.17, 15) is 38.1 Å². The van der Waals surface area contributed by atoms with Crippen LogP contribution >= 0.6 is 0 Å². The molecule has 158 valence electrons. The monoisotopic (exact) mass is 427 g/mol. The van der Waals surface area contributed by atoms with E-state index in [2.05, 4.69) is 10.5 Å². The number of thiol groups is 1. The van der Waals surface area contributed by atoms with Gasteiger partial charge in [0.2, 0.25) is 11.8 Å². The molecule has 1 aromatic carbocycles. The second kappa shape index (κ2) is 8.47. The van der Waals surface area contributed by atoms with E-state index < -0.39 is 51.1 Å².